The average Bonchev–Trinajstić information content (AvgIpc) is 2.58. The van der Waals surface area contributed by atoms with E-state index < -0.39 is 11.8 Å². The van der Waals surface area contributed by atoms with Crippen LogP contribution in [0.15, 0.2) is 36.5 Å². The molecule has 2 aromatic rings. The lowest BCUT2D eigenvalue weighted by Gasteiger charge is -2.21. The van der Waals surface area contributed by atoms with Crippen molar-refractivity contribution in [3.05, 3.63) is 36.5 Å². The molecule has 0 radical (unpaired) electrons. The van der Waals surface area contributed by atoms with E-state index in [4.69, 9.17) is 0 Å². The Morgan fingerprint density at radius 3 is 2.61 bits per heavy atom. The monoisotopic (exact) mass is 313 g/mol. The van der Waals surface area contributed by atoms with E-state index in [1.807, 2.05) is 31.2 Å². The second-order valence-electron chi connectivity index (χ2n) is 5.48. The van der Waals surface area contributed by atoms with E-state index >= 15 is 0 Å². The number of nitrogens with one attached hydrogen (secondary N) is 1. The largest absolute Gasteiger partial charge is 0.334 e. The highest BCUT2D eigenvalue weighted by atomic mass is 16.2. The highest BCUT2D eigenvalue weighted by Crippen LogP contribution is 2.20. The van der Waals surface area contributed by atoms with Crippen LogP contribution in [-0.4, -0.2) is 34.8 Å². The van der Waals surface area contributed by atoms with E-state index in [1.54, 1.807) is 17.2 Å². The summed E-state index contributed by atoms with van der Waals surface area (Å²) in [4.78, 5) is 30.6. The van der Waals surface area contributed by atoms with Crippen molar-refractivity contribution in [3.63, 3.8) is 0 Å². The van der Waals surface area contributed by atoms with E-state index in [0.717, 1.165) is 24.6 Å². The number of nitrogens with zero attached hydrogens (tertiary/aromatic N) is 2. The van der Waals surface area contributed by atoms with Crippen LogP contribution in [0.2, 0.25) is 0 Å². The number of aromatic nitrogens is 1. The smallest absolute Gasteiger partial charge is 0.313 e. The fraction of sp³-hybridized carbons (Fsp3) is 0.389. The zero-order chi connectivity index (χ0) is 16.7. The van der Waals surface area contributed by atoms with Gasteiger partial charge >= 0.3 is 11.8 Å². The molecular formula is C18H23N3O2. The van der Waals surface area contributed by atoms with Crippen LogP contribution in [0.1, 0.15) is 33.1 Å². The molecule has 1 heterocycles. The fourth-order valence-electron chi connectivity index (χ4n) is 2.46. The molecule has 0 fully saturated rings. The van der Waals surface area contributed by atoms with Crippen LogP contribution < -0.4 is 5.32 Å². The Hall–Kier alpha value is -2.43. The number of pyridine rings is 1. The Kier molecular flexibility index (Phi) is 6.09. The molecule has 0 spiro atoms. The lowest BCUT2D eigenvalue weighted by Crippen LogP contribution is -2.40. The molecule has 0 aliphatic carbocycles. The molecule has 5 heteroatoms. The molecule has 1 N–H and O–H groups in total. The number of rotatable bonds is 6. The summed E-state index contributed by atoms with van der Waals surface area (Å²) in [6.45, 7) is 5.28. The maximum atomic E-state index is 12.4. The van der Waals surface area contributed by atoms with Gasteiger partial charge in [-0.15, -0.1) is 0 Å². The molecule has 1 aromatic heterocycles. The first kappa shape index (κ1) is 16.9. The Labute approximate surface area is 136 Å². The standard InChI is InChI=1S/C18H23N3O2/c1-3-5-13-21(12-4-2)18(23)17(22)20-15-10-6-8-14-9-7-11-19-16(14)15/h6-11H,3-5,12-13H2,1-2H3,(H,20,22). The van der Waals surface area contributed by atoms with Gasteiger partial charge in [-0.05, 0) is 25.0 Å². The van der Waals surface area contributed by atoms with Crippen molar-refractivity contribution in [1.29, 1.82) is 0 Å². The summed E-state index contributed by atoms with van der Waals surface area (Å²) >= 11 is 0. The maximum absolute atomic E-state index is 12.4. The first-order valence-corrected chi connectivity index (χ1v) is 8.11. The number of carbonyl (C=O) groups is 2. The molecule has 2 rings (SSSR count). The van der Waals surface area contributed by atoms with Crippen molar-refractivity contribution >= 4 is 28.4 Å². The topological polar surface area (TPSA) is 62.3 Å². The second-order valence-corrected chi connectivity index (χ2v) is 5.48. The normalized spacial score (nSPS) is 10.5. The molecule has 0 bridgehead atoms. The Morgan fingerprint density at radius 2 is 1.87 bits per heavy atom. The number of carbonyl (C=O) groups excluding carboxylic acids is 2. The first-order chi connectivity index (χ1) is 11.2. The van der Waals surface area contributed by atoms with Crippen LogP contribution >= 0.6 is 0 Å². The summed E-state index contributed by atoms with van der Waals surface area (Å²) in [5.74, 6) is -1.08. The minimum atomic E-state index is -0.604. The van der Waals surface area contributed by atoms with Gasteiger partial charge in [0.1, 0.15) is 0 Å². The summed E-state index contributed by atoms with van der Waals surface area (Å²) in [7, 11) is 0. The van der Waals surface area contributed by atoms with Crippen molar-refractivity contribution in [2.24, 2.45) is 0 Å². The van der Waals surface area contributed by atoms with Gasteiger partial charge in [-0.3, -0.25) is 14.6 Å². The van der Waals surface area contributed by atoms with Crippen molar-refractivity contribution < 1.29 is 9.59 Å². The number of anilines is 1. The third kappa shape index (κ3) is 4.28. The fourth-order valence-corrected chi connectivity index (χ4v) is 2.46. The van der Waals surface area contributed by atoms with Crippen LogP contribution in [0, 0.1) is 0 Å². The van der Waals surface area contributed by atoms with Gasteiger partial charge in [0.05, 0.1) is 11.2 Å². The molecule has 0 aliphatic heterocycles. The number of amides is 2. The van der Waals surface area contributed by atoms with Crippen molar-refractivity contribution in [2.45, 2.75) is 33.1 Å². The highest BCUT2D eigenvalue weighted by Gasteiger charge is 2.21. The molecule has 0 unspecified atom stereocenters. The van der Waals surface area contributed by atoms with Gasteiger partial charge in [-0.2, -0.15) is 0 Å². The molecular weight excluding hydrogens is 290 g/mol. The number of unbranched alkanes of at least 4 members (excludes halogenated alkanes) is 1. The minimum absolute atomic E-state index is 0.478. The Balaban J connectivity index is 2.14. The minimum Gasteiger partial charge on any atom is -0.334 e. The Morgan fingerprint density at radius 1 is 1.09 bits per heavy atom. The van der Waals surface area contributed by atoms with E-state index in [0.29, 0.717) is 24.3 Å². The molecule has 0 saturated carbocycles. The average molecular weight is 313 g/mol. The number of para-hydroxylation sites is 1. The summed E-state index contributed by atoms with van der Waals surface area (Å²) in [6.07, 6.45) is 4.39. The van der Waals surface area contributed by atoms with E-state index in [1.165, 1.54) is 0 Å². The number of hydrogen-bond acceptors (Lipinski definition) is 3. The Bertz CT molecular complexity index is 680. The van der Waals surface area contributed by atoms with Gasteiger partial charge in [0, 0.05) is 24.7 Å². The summed E-state index contributed by atoms with van der Waals surface area (Å²) < 4.78 is 0. The summed E-state index contributed by atoms with van der Waals surface area (Å²) in [5.41, 5.74) is 1.25. The summed E-state index contributed by atoms with van der Waals surface area (Å²) in [5, 5.41) is 3.63. The first-order valence-electron chi connectivity index (χ1n) is 8.11. The van der Waals surface area contributed by atoms with Crippen LogP contribution in [0.4, 0.5) is 5.69 Å². The molecule has 0 atom stereocenters. The third-order valence-corrected chi connectivity index (χ3v) is 3.64. The van der Waals surface area contributed by atoms with Crippen molar-refractivity contribution in [1.82, 2.24) is 9.88 Å². The number of fused-ring (bicyclic) bond motifs is 1. The zero-order valence-corrected chi connectivity index (χ0v) is 13.7. The van der Waals surface area contributed by atoms with Gasteiger partial charge in [0.25, 0.3) is 0 Å². The predicted octanol–water partition coefficient (Wildman–Crippen LogP) is 3.21. The summed E-state index contributed by atoms with van der Waals surface area (Å²) in [6, 6.07) is 9.28. The molecule has 0 saturated heterocycles. The van der Waals surface area contributed by atoms with Gasteiger partial charge in [-0.25, -0.2) is 0 Å². The van der Waals surface area contributed by atoms with Crippen LogP contribution in [-0.2, 0) is 9.59 Å². The lowest BCUT2D eigenvalue weighted by atomic mass is 10.2. The van der Waals surface area contributed by atoms with Gasteiger partial charge in [0.15, 0.2) is 0 Å². The van der Waals surface area contributed by atoms with Crippen LogP contribution in [0.3, 0.4) is 0 Å². The van der Waals surface area contributed by atoms with Gasteiger partial charge in [-0.1, -0.05) is 38.5 Å². The van der Waals surface area contributed by atoms with Crippen molar-refractivity contribution in [2.75, 3.05) is 18.4 Å². The van der Waals surface area contributed by atoms with Crippen molar-refractivity contribution in [3.8, 4) is 0 Å². The van der Waals surface area contributed by atoms with Gasteiger partial charge in [0.2, 0.25) is 0 Å². The molecule has 122 valence electrons. The molecule has 5 nitrogen and oxygen atoms in total. The number of benzene rings is 1. The van der Waals surface area contributed by atoms with E-state index in [2.05, 4.69) is 17.2 Å². The van der Waals surface area contributed by atoms with Crippen LogP contribution in [0.25, 0.3) is 10.9 Å². The van der Waals surface area contributed by atoms with Gasteiger partial charge < -0.3 is 10.2 Å². The maximum Gasteiger partial charge on any atom is 0.313 e. The SMILES string of the molecule is CCCCN(CCC)C(=O)C(=O)Nc1cccc2cccnc12. The predicted molar refractivity (Wildman–Crippen MR) is 92.2 cm³/mol. The van der Waals surface area contributed by atoms with E-state index in [-0.39, 0.29) is 0 Å². The molecule has 23 heavy (non-hydrogen) atoms. The number of hydrogen-bond donors (Lipinski definition) is 1. The quantitative estimate of drug-likeness (QED) is 0.833. The van der Waals surface area contributed by atoms with Crippen LogP contribution in [0.5, 0.6) is 0 Å². The second kappa shape index (κ2) is 8.27. The highest BCUT2D eigenvalue weighted by molar-refractivity contribution is 6.40. The van der Waals surface area contributed by atoms with E-state index in [9.17, 15) is 9.59 Å². The molecule has 0 aliphatic rings. The molecule has 1 aromatic carbocycles. The zero-order valence-electron chi connectivity index (χ0n) is 13.7. The third-order valence-electron chi connectivity index (χ3n) is 3.64. The molecule has 2 amide bonds. The lowest BCUT2D eigenvalue weighted by molar-refractivity contribution is -0.143.